The number of halogens is 2. The molecule has 3 heterocycles. The van der Waals surface area contributed by atoms with Crippen molar-refractivity contribution in [3.63, 3.8) is 0 Å². The van der Waals surface area contributed by atoms with E-state index in [-0.39, 0.29) is 18.7 Å². The summed E-state index contributed by atoms with van der Waals surface area (Å²) in [6.45, 7) is 1.01. The van der Waals surface area contributed by atoms with E-state index in [9.17, 15) is 19.1 Å². The van der Waals surface area contributed by atoms with Gasteiger partial charge in [-0.3, -0.25) is 0 Å². The maximum Gasteiger partial charge on any atom is 0.336 e. The Kier molecular flexibility index (Phi) is 8.16. The first-order valence-corrected chi connectivity index (χ1v) is 15.0. The van der Waals surface area contributed by atoms with E-state index in [2.05, 4.69) is 0 Å². The molecule has 3 aromatic carbocycles. The summed E-state index contributed by atoms with van der Waals surface area (Å²) in [5.74, 6) is -0.601. The van der Waals surface area contributed by atoms with E-state index >= 15 is 0 Å². The number of amides is 2. The van der Waals surface area contributed by atoms with Crippen molar-refractivity contribution in [1.82, 2.24) is 9.80 Å². The van der Waals surface area contributed by atoms with Gasteiger partial charge in [-0.2, -0.15) is 0 Å². The smallest absolute Gasteiger partial charge is 0.336 e. The van der Waals surface area contributed by atoms with Crippen molar-refractivity contribution in [1.29, 1.82) is 0 Å². The quantitative estimate of drug-likeness (QED) is 0.333. The molecule has 2 atom stereocenters. The number of fused-ring (bicyclic) bond motifs is 2. The molecule has 224 valence electrons. The normalized spacial score (nSPS) is 21.1. The monoisotopic (exact) mass is 604 g/mol. The van der Waals surface area contributed by atoms with Crippen LogP contribution in [0.4, 0.5) is 9.18 Å². The number of likely N-dealkylation sites (tertiary alicyclic amines) is 1. The maximum atomic E-state index is 14.4. The van der Waals surface area contributed by atoms with Crippen LogP contribution in [0.5, 0.6) is 5.75 Å². The largest absolute Gasteiger partial charge is 0.488 e. The molecule has 3 aromatic rings. The molecule has 7 nitrogen and oxygen atoms in total. The number of hydrogen-bond donors (Lipinski definition) is 1. The highest BCUT2D eigenvalue weighted by Gasteiger charge is 2.49. The number of carbonyl (C=O) groups is 2. The zero-order valence-electron chi connectivity index (χ0n) is 24.0. The number of urea groups is 1. The van der Waals surface area contributed by atoms with Gasteiger partial charge in [0.2, 0.25) is 0 Å². The molecular weight excluding hydrogens is 571 g/mol. The predicted molar refractivity (Wildman–Crippen MR) is 161 cm³/mol. The molecule has 3 aliphatic heterocycles. The summed E-state index contributed by atoms with van der Waals surface area (Å²) in [6, 6.07) is 20.4. The van der Waals surface area contributed by atoms with Crippen molar-refractivity contribution in [2.45, 2.75) is 56.4 Å². The van der Waals surface area contributed by atoms with Gasteiger partial charge in [-0.1, -0.05) is 54.1 Å². The lowest BCUT2D eigenvalue weighted by Crippen LogP contribution is -2.55. The van der Waals surface area contributed by atoms with E-state index in [4.69, 9.17) is 21.1 Å². The number of ether oxygens (including phenoxy) is 2. The molecule has 6 rings (SSSR count). The highest BCUT2D eigenvalue weighted by atomic mass is 35.5. The zero-order chi connectivity index (χ0) is 30.1. The first kappa shape index (κ1) is 29.2. The van der Waals surface area contributed by atoms with E-state index in [0.717, 1.165) is 23.1 Å². The van der Waals surface area contributed by atoms with E-state index in [1.165, 1.54) is 19.2 Å². The van der Waals surface area contributed by atoms with Crippen molar-refractivity contribution in [2.75, 3.05) is 20.2 Å². The second-order valence-electron chi connectivity index (χ2n) is 11.5. The molecule has 3 aliphatic rings. The molecule has 9 heteroatoms. The summed E-state index contributed by atoms with van der Waals surface area (Å²) in [6.07, 6.45) is 2.56. The van der Waals surface area contributed by atoms with Gasteiger partial charge in [0.15, 0.2) is 0 Å². The van der Waals surface area contributed by atoms with Crippen LogP contribution in [-0.2, 0) is 21.7 Å². The highest BCUT2D eigenvalue weighted by Crippen LogP contribution is 2.46. The van der Waals surface area contributed by atoms with Gasteiger partial charge in [-0.05, 0) is 73.1 Å². The molecule has 0 radical (unpaired) electrons. The summed E-state index contributed by atoms with van der Waals surface area (Å²) in [7, 11) is 1.33. The summed E-state index contributed by atoms with van der Waals surface area (Å²) in [5.41, 5.74) is 2.45. The minimum Gasteiger partial charge on any atom is -0.488 e. The van der Waals surface area contributed by atoms with Crippen LogP contribution in [0.2, 0.25) is 5.02 Å². The molecule has 0 saturated carbocycles. The minimum atomic E-state index is -1.04. The first-order chi connectivity index (χ1) is 20.8. The topological polar surface area (TPSA) is 79.3 Å². The lowest BCUT2D eigenvalue weighted by atomic mass is 9.84. The number of hydrogen-bond acceptors (Lipinski definition) is 5. The third-order valence-corrected chi connectivity index (χ3v) is 9.23. The number of carbonyl (C=O) groups excluding carboxylic acids is 2. The molecule has 0 aliphatic carbocycles. The Balaban J connectivity index is 1.26. The fourth-order valence-electron chi connectivity index (χ4n) is 6.71. The Bertz CT molecular complexity index is 1540. The third kappa shape index (κ3) is 5.74. The number of aliphatic hydroxyl groups is 1. The molecule has 2 saturated heterocycles. The fraction of sp³-hybridized carbons (Fsp3) is 0.353. The lowest BCUT2D eigenvalue weighted by molar-refractivity contribution is -0.136. The Hall–Kier alpha value is -3.88. The maximum absolute atomic E-state index is 14.4. The summed E-state index contributed by atoms with van der Waals surface area (Å²) >= 11 is 6.03. The lowest BCUT2D eigenvalue weighted by Gasteiger charge is -2.44. The van der Waals surface area contributed by atoms with Gasteiger partial charge in [0.05, 0.1) is 24.3 Å². The number of esters is 1. The van der Waals surface area contributed by atoms with E-state index < -0.39 is 23.4 Å². The van der Waals surface area contributed by atoms with E-state index in [1.54, 1.807) is 23.1 Å². The van der Waals surface area contributed by atoms with Crippen LogP contribution < -0.4 is 4.74 Å². The van der Waals surface area contributed by atoms with Gasteiger partial charge in [0.25, 0.3) is 0 Å². The molecule has 0 spiro atoms. The van der Waals surface area contributed by atoms with Gasteiger partial charge in [0, 0.05) is 35.8 Å². The molecule has 0 aromatic heterocycles. The van der Waals surface area contributed by atoms with Gasteiger partial charge in [-0.15, -0.1) is 0 Å². The van der Waals surface area contributed by atoms with Crippen LogP contribution >= 0.6 is 11.6 Å². The van der Waals surface area contributed by atoms with Crippen LogP contribution in [0.15, 0.2) is 78.4 Å². The number of nitrogens with zero attached hydrogens (tertiary/aromatic N) is 2. The average molecular weight is 605 g/mol. The standard InChI is InChI=1S/C34H34ClFN2O5/c1-42-32(39)31-28(27-13-11-25(36)19-30(27)43-21-22-5-3-2-4-6-22)20-26-12-14-29(31)38(26)33(40)37-17-15-34(41,16-18-37)23-7-9-24(35)10-8-23/h2-11,13,19,26,29,41H,12,14-18,20-21H2,1H3/t26-,29+/m0/s1. The van der Waals surface area contributed by atoms with E-state index in [0.29, 0.717) is 60.7 Å². The van der Waals surface area contributed by atoms with Gasteiger partial charge in [0.1, 0.15) is 18.2 Å². The van der Waals surface area contributed by atoms with Crippen LogP contribution in [0.1, 0.15) is 48.8 Å². The molecule has 1 N–H and O–H groups in total. The Morgan fingerprint density at radius 3 is 2.44 bits per heavy atom. The van der Waals surface area contributed by atoms with Crippen molar-refractivity contribution >= 4 is 29.2 Å². The SMILES string of the molecule is COC(=O)C1=C(c2ccc(F)cc2OCc2ccccc2)C[C@@H]2CC[C@H]1N2C(=O)N1CCC(O)(c2ccc(Cl)cc2)CC1. The average Bonchev–Trinajstić information content (AvgIpc) is 3.33. The summed E-state index contributed by atoms with van der Waals surface area (Å²) < 4.78 is 25.7. The van der Waals surface area contributed by atoms with Crippen molar-refractivity contribution in [3.8, 4) is 5.75 Å². The molecular formula is C34H34ClFN2O5. The van der Waals surface area contributed by atoms with E-state index in [1.807, 2.05) is 47.4 Å². The fourth-order valence-corrected chi connectivity index (χ4v) is 6.83. The van der Waals surface area contributed by atoms with Crippen molar-refractivity contribution in [2.24, 2.45) is 0 Å². The highest BCUT2D eigenvalue weighted by molar-refractivity contribution is 6.30. The molecule has 0 unspecified atom stereocenters. The molecule has 2 amide bonds. The minimum absolute atomic E-state index is 0.134. The first-order valence-electron chi connectivity index (χ1n) is 14.6. The van der Waals surface area contributed by atoms with Crippen LogP contribution in [-0.4, -0.2) is 59.2 Å². The zero-order valence-corrected chi connectivity index (χ0v) is 24.7. The van der Waals surface area contributed by atoms with Gasteiger partial charge >= 0.3 is 12.0 Å². The second-order valence-corrected chi connectivity index (χ2v) is 11.9. The van der Waals surface area contributed by atoms with Crippen molar-refractivity contribution < 1.29 is 28.6 Å². The molecule has 43 heavy (non-hydrogen) atoms. The van der Waals surface area contributed by atoms with Crippen LogP contribution in [0.3, 0.4) is 0 Å². The number of benzene rings is 3. The Morgan fingerprint density at radius 1 is 1.02 bits per heavy atom. The Morgan fingerprint density at radius 2 is 1.74 bits per heavy atom. The van der Waals surface area contributed by atoms with Crippen LogP contribution in [0.25, 0.3) is 5.57 Å². The van der Waals surface area contributed by atoms with Gasteiger partial charge < -0.3 is 24.4 Å². The number of rotatable bonds is 6. The Labute approximate surface area is 255 Å². The number of methoxy groups -OCH3 is 1. The molecule has 2 bridgehead atoms. The molecule has 2 fully saturated rings. The predicted octanol–water partition coefficient (Wildman–Crippen LogP) is 6.33. The third-order valence-electron chi connectivity index (χ3n) is 8.98. The van der Waals surface area contributed by atoms with Crippen LogP contribution in [0, 0.1) is 5.82 Å². The second kappa shape index (κ2) is 12.0. The van der Waals surface area contributed by atoms with Crippen molar-refractivity contribution in [3.05, 3.63) is 106 Å². The van der Waals surface area contributed by atoms with Gasteiger partial charge in [-0.25, -0.2) is 14.0 Å². The summed E-state index contributed by atoms with van der Waals surface area (Å²) in [4.78, 5) is 30.9. The number of piperidine rings is 1. The summed E-state index contributed by atoms with van der Waals surface area (Å²) in [5, 5.41) is 11.9.